The van der Waals surface area contributed by atoms with Crippen LogP contribution in [0.15, 0.2) is 18.2 Å². The van der Waals surface area contributed by atoms with Crippen LogP contribution < -0.4 is 0 Å². The van der Waals surface area contributed by atoms with Crippen LogP contribution in [0.4, 0.5) is 0 Å². The summed E-state index contributed by atoms with van der Waals surface area (Å²) in [6.07, 6.45) is 7.91. The van der Waals surface area contributed by atoms with E-state index in [9.17, 15) is 0 Å². The van der Waals surface area contributed by atoms with E-state index in [2.05, 4.69) is 41.1 Å². The molecule has 88 valence electrons. The fraction of sp³-hybridized carbons (Fsp3) is 0.600. The molecule has 0 saturated carbocycles. The Morgan fingerprint density at radius 2 is 1.94 bits per heavy atom. The molecule has 1 aromatic rings. The highest BCUT2D eigenvalue weighted by Gasteiger charge is 2.13. The number of benzene rings is 1. The van der Waals surface area contributed by atoms with Gasteiger partial charge in [0.2, 0.25) is 0 Å². The number of hydrogen-bond acceptors (Lipinski definition) is 0. The monoisotopic (exact) mass is 280 g/mol. The van der Waals surface area contributed by atoms with Crippen LogP contribution >= 0.6 is 15.9 Å². The molecule has 2 rings (SSSR count). The van der Waals surface area contributed by atoms with Crippen LogP contribution in [0.1, 0.15) is 55.2 Å². The Morgan fingerprint density at radius 1 is 1.19 bits per heavy atom. The van der Waals surface area contributed by atoms with Crippen LogP contribution in [0.3, 0.4) is 0 Å². The fourth-order valence-corrected chi connectivity index (χ4v) is 3.39. The van der Waals surface area contributed by atoms with E-state index in [1.807, 2.05) is 0 Å². The van der Waals surface area contributed by atoms with E-state index in [1.165, 1.54) is 38.5 Å². The van der Waals surface area contributed by atoms with Gasteiger partial charge in [0.05, 0.1) is 0 Å². The lowest BCUT2D eigenvalue weighted by Gasteiger charge is -2.20. The Hall–Kier alpha value is -0.300. The van der Waals surface area contributed by atoms with E-state index in [0.29, 0.717) is 5.92 Å². The molecule has 0 heterocycles. The Morgan fingerprint density at radius 3 is 2.62 bits per heavy atom. The number of rotatable bonds is 4. The summed E-state index contributed by atoms with van der Waals surface area (Å²) in [5.74, 6) is 0.706. The highest BCUT2D eigenvalue weighted by molar-refractivity contribution is 9.09. The van der Waals surface area contributed by atoms with Crippen molar-refractivity contribution in [1.29, 1.82) is 0 Å². The minimum absolute atomic E-state index is 0.706. The predicted molar refractivity (Wildman–Crippen MR) is 74.5 cm³/mol. The van der Waals surface area contributed by atoms with E-state index in [-0.39, 0.29) is 0 Å². The summed E-state index contributed by atoms with van der Waals surface area (Å²) in [7, 11) is 0. The molecule has 0 radical (unpaired) electrons. The zero-order valence-corrected chi connectivity index (χ0v) is 11.7. The van der Waals surface area contributed by atoms with Crippen molar-refractivity contribution in [3.63, 3.8) is 0 Å². The van der Waals surface area contributed by atoms with Gasteiger partial charge in [0.15, 0.2) is 0 Å². The largest absolute Gasteiger partial charge is 0.0921 e. The number of alkyl halides is 1. The van der Waals surface area contributed by atoms with Crippen LogP contribution in [0.25, 0.3) is 0 Å². The lowest BCUT2D eigenvalue weighted by Crippen LogP contribution is -2.06. The van der Waals surface area contributed by atoms with Crippen molar-refractivity contribution < 1.29 is 0 Å². The summed E-state index contributed by atoms with van der Waals surface area (Å²) in [6, 6.07) is 7.19. The third kappa shape index (κ3) is 2.68. The highest BCUT2D eigenvalue weighted by Crippen LogP contribution is 2.28. The van der Waals surface area contributed by atoms with Gasteiger partial charge in [-0.25, -0.2) is 0 Å². The molecular weight excluding hydrogens is 260 g/mol. The molecule has 0 fully saturated rings. The summed E-state index contributed by atoms with van der Waals surface area (Å²) in [6.45, 7) is 2.27. The zero-order chi connectivity index (χ0) is 11.4. The minimum Gasteiger partial charge on any atom is -0.0921 e. The van der Waals surface area contributed by atoms with Crippen molar-refractivity contribution in [3.8, 4) is 0 Å². The minimum atomic E-state index is 0.706. The second-order valence-electron chi connectivity index (χ2n) is 4.88. The molecular formula is C15H21Br. The van der Waals surface area contributed by atoms with Crippen molar-refractivity contribution in [2.24, 2.45) is 0 Å². The van der Waals surface area contributed by atoms with Gasteiger partial charge in [-0.1, -0.05) is 47.5 Å². The van der Waals surface area contributed by atoms with Crippen molar-refractivity contribution >= 4 is 15.9 Å². The van der Waals surface area contributed by atoms with E-state index < -0.39 is 0 Å². The smallest absolute Gasteiger partial charge is 0.0100 e. The van der Waals surface area contributed by atoms with Crippen LogP contribution in [0.5, 0.6) is 0 Å². The maximum atomic E-state index is 3.65. The zero-order valence-electron chi connectivity index (χ0n) is 10.1. The number of hydrogen-bond donors (Lipinski definition) is 0. The number of fused-ring (bicyclic) bond motifs is 1. The third-order valence-corrected chi connectivity index (χ3v) is 4.45. The van der Waals surface area contributed by atoms with E-state index >= 15 is 0 Å². The lowest BCUT2D eigenvalue weighted by atomic mass is 9.87. The summed E-state index contributed by atoms with van der Waals surface area (Å²) in [4.78, 5) is 0. The van der Waals surface area contributed by atoms with Gasteiger partial charge in [-0.05, 0) is 54.7 Å². The first-order chi connectivity index (χ1) is 7.85. The van der Waals surface area contributed by atoms with E-state index in [0.717, 1.165) is 5.33 Å². The maximum Gasteiger partial charge on any atom is 0.0100 e. The molecule has 1 aliphatic carbocycles. The van der Waals surface area contributed by atoms with Gasteiger partial charge in [-0.2, -0.15) is 0 Å². The molecule has 16 heavy (non-hydrogen) atoms. The van der Waals surface area contributed by atoms with Gasteiger partial charge in [0, 0.05) is 5.33 Å². The summed E-state index contributed by atoms with van der Waals surface area (Å²) < 4.78 is 0. The molecule has 0 saturated heterocycles. The van der Waals surface area contributed by atoms with Crippen molar-refractivity contribution in [2.75, 3.05) is 5.33 Å². The van der Waals surface area contributed by atoms with Gasteiger partial charge in [-0.3, -0.25) is 0 Å². The Labute approximate surface area is 108 Å². The Kier molecular flexibility index (Phi) is 4.45. The molecule has 1 heteroatoms. The summed E-state index contributed by atoms with van der Waals surface area (Å²) >= 11 is 3.65. The van der Waals surface area contributed by atoms with Crippen LogP contribution in [0, 0.1) is 0 Å². The van der Waals surface area contributed by atoms with Gasteiger partial charge in [0.25, 0.3) is 0 Å². The molecule has 0 bridgehead atoms. The van der Waals surface area contributed by atoms with Crippen molar-refractivity contribution in [2.45, 2.75) is 51.4 Å². The average molecular weight is 281 g/mol. The standard InChI is InChI=1S/C15H21Br/c1-2-5-15(11-16)14-9-8-12-6-3-4-7-13(12)10-14/h8-10,15H,2-7,11H2,1H3. The topological polar surface area (TPSA) is 0 Å². The fourth-order valence-electron chi connectivity index (χ4n) is 2.69. The molecule has 1 aromatic carbocycles. The summed E-state index contributed by atoms with van der Waals surface area (Å²) in [5.41, 5.74) is 4.75. The molecule has 0 spiro atoms. The molecule has 1 atom stereocenters. The third-order valence-electron chi connectivity index (χ3n) is 3.67. The van der Waals surface area contributed by atoms with Gasteiger partial charge in [-0.15, -0.1) is 0 Å². The molecule has 1 unspecified atom stereocenters. The number of halogens is 1. The van der Waals surface area contributed by atoms with Gasteiger partial charge in [0.1, 0.15) is 0 Å². The molecule has 0 nitrogen and oxygen atoms in total. The van der Waals surface area contributed by atoms with Gasteiger partial charge < -0.3 is 0 Å². The first-order valence-corrected chi connectivity index (χ1v) is 7.65. The molecule has 0 amide bonds. The Balaban J connectivity index is 2.21. The lowest BCUT2D eigenvalue weighted by molar-refractivity contribution is 0.661. The predicted octanol–water partition coefficient (Wildman–Crippen LogP) is 4.84. The quantitative estimate of drug-likeness (QED) is 0.692. The molecule has 0 aliphatic heterocycles. The normalized spacial score (nSPS) is 16.9. The molecule has 0 aromatic heterocycles. The highest BCUT2D eigenvalue weighted by atomic mass is 79.9. The average Bonchev–Trinajstić information content (AvgIpc) is 2.35. The maximum absolute atomic E-state index is 3.65. The van der Waals surface area contributed by atoms with Gasteiger partial charge >= 0.3 is 0 Å². The van der Waals surface area contributed by atoms with Crippen LogP contribution in [-0.4, -0.2) is 5.33 Å². The second kappa shape index (κ2) is 5.86. The second-order valence-corrected chi connectivity index (χ2v) is 5.52. The SMILES string of the molecule is CCCC(CBr)c1ccc2c(c1)CCCC2. The van der Waals surface area contributed by atoms with Crippen molar-refractivity contribution in [1.82, 2.24) is 0 Å². The first kappa shape index (κ1) is 12.2. The van der Waals surface area contributed by atoms with Crippen molar-refractivity contribution in [3.05, 3.63) is 34.9 Å². The first-order valence-electron chi connectivity index (χ1n) is 6.52. The number of aryl methyl sites for hydroxylation is 2. The Bertz CT molecular complexity index is 343. The summed E-state index contributed by atoms with van der Waals surface area (Å²) in [5, 5.41) is 1.10. The van der Waals surface area contributed by atoms with Crippen LogP contribution in [0.2, 0.25) is 0 Å². The van der Waals surface area contributed by atoms with Crippen LogP contribution in [-0.2, 0) is 12.8 Å². The molecule has 0 N–H and O–H groups in total. The van der Waals surface area contributed by atoms with E-state index in [1.54, 1.807) is 16.7 Å². The van der Waals surface area contributed by atoms with E-state index in [4.69, 9.17) is 0 Å². The molecule has 1 aliphatic rings.